The van der Waals surface area contributed by atoms with E-state index in [9.17, 15) is 0 Å². The van der Waals surface area contributed by atoms with Crippen molar-refractivity contribution in [3.63, 3.8) is 0 Å². The van der Waals surface area contributed by atoms with Crippen molar-refractivity contribution in [2.45, 2.75) is 46.3 Å². The fraction of sp³-hybridized carbons (Fsp3) is 0.692. The fourth-order valence-electron chi connectivity index (χ4n) is 1.49. The monoisotopic (exact) mass is 237 g/mol. The van der Waals surface area contributed by atoms with Gasteiger partial charge in [0.25, 0.3) is 0 Å². The van der Waals surface area contributed by atoms with Crippen LogP contribution in [0.4, 0.5) is 0 Å². The number of hydrogen-bond acceptors (Lipinski definition) is 4. The largest absolute Gasteiger partial charge is 0.379 e. The smallest absolute Gasteiger partial charge is 0.125 e. The molecule has 1 N–H and O–H groups in total. The molecular formula is C13H23N3O. The molecule has 0 radical (unpaired) electrons. The van der Waals surface area contributed by atoms with Gasteiger partial charge < -0.3 is 10.1 Å². The Morgan fingerprint density at radius 3 is 2.88 bits per heavy atom. The summed E-state index contributed by atoms with van der Waals surface area (Å²) in [7, 11) is 0. The zero-order valence-corrected chi connectivity index (χ0v) is 11.1. The van der Waals surface area contributed by atoms with Crippen LogP contribution in [0.1, 0.15) is 38.2 Å². The Labute approximate surface area is 104 Å². The third-order valence-electron chi connectivity index (χ3n) is 2.34. The van der Waals surface area contributed by atoms with E-state index < -0.39 is 0 Å². The van der Waals surface area contributed by atoms with E-state index in [4.69, 9.17) is 4.74 Å². The van der Waals surface area contributed by atoms with Crippen LogP contribution < -0.4 is 5.32 Å². The van der Waals surface area contributed by atoms with Gasteiger partial charge >= 0.3 is 0 Å². The first-order valence-corrected chi connectivity index (χ1v) is 6.29. The lowest BCUT2D eigenvalue weighted by molar-refractivity contribution is 0.0760. The number of hydrogen-bond donors (Lipinski definition) is 1. The summed E-state index contributed by atoms with van der Waals surface area (Å²) in [5, 5.41) is 3.37. The van der Waals surface area contributed by atoms with Crippen molar-refractivity contribution in [2.75, 3.05) is 13.2 Å². The van der Waals surface area contributed by atoms with E-state index >= 15 is 0 Å². The van der Waals surface area contributed by atoms with Crippen molar-refractivity contribution in [1.82, 2.24) is 15.3 Å². The highest BCUT2D eigenvalue weighted by Crippen LogP contribution is 1.96. The van der Waals surface area contributed by atoms with Crippen LogP contribution in [0.5, 0.6) is 0 Å². The Kier molecular flexibility index (Phi) is 6.74. The highest BCUT2D eigenvalue weighted by molar-refractivity contribution is 5.00. The molecule has 0 aliphatic rings. The van der Waals surface area contributed by atoms with Gasteiger partial charge in [0.2, 0.25) is 0 Å². The molecule has 0 atom stereocenters. The zero-order valence-electron chi connectivity index (χ0n) is 11.1. The average Bonchev–Trinajstić information content (AvgIpc) is 2.27. The highest BCUT2D eigenvalue weighted by Gasteiger charge is 1.96. The lowest BCUT2D eigenvalue weighted by Gasteiger charge is -2.07. The number of nitrogens with one attached hydrogen (secondary N) is 1. The number of aromatic nitrogens is 2. The first kappa shape index (κ1) is 14.1. The van der Waals surface area contributed by atoms with Gasteiger partial charge in [-0.05, 0) is 46.2 Å². The molecule has 0 bridgehead atoms. The SMILES string of the molecule is Cc1nccc(CNCCCCOC(C)C)n1. The highest BCUT2D eigenvalue weighted by atomic mass is 16.5. The molecule has 0 amide bonds. The summed E-state index contributed by atoms with van der Waals surface area (Å²) < 4.78 is 5.47. The van der Waals surface area contributed by atoms with Crippen LogP contribution in [-0.4, -0.2) is 29.2 Å². The Morgan fingerprint density at radius 2 is 2.18 bits per heavy atom. The fourth-order valence-corrected chi connectivity index (χ4v) is 1.49. The van der Waals surface area contributed by atoms with Crippen LogP contribution in [0, 0.1) is 6.92 Å². The number of rotatable bonds is 8. The molecule has 1 aromatic rings. The Bertz CT molecular complexity index is 315. The van der Waals surface area contributed by atoms with Gasteiger partial charge in [0, 0.05) is 19.3 Å². The zero-order chi connectivity index (χ0) is 12.5. The minimum atomic E-state index is 0.340. The first-order valence-electron chi connectivity index (χ1n) is 6.29. The third-order valence-corrected chi connectivity index (χ3v) is 2.34. The lowest BCUT2D eigenvalue weighted by atomic mass is 10.3. The molecule has 0 aliphatic carbocycles. The van der Waals surface area contributed by atoms with Crippen molar-refractivity contribution < 1.29 is 4.74 Å². The predicted molar refractivity (Wildman–Crippen MR) is 68.8 cm³/mol. The number of aryl methyl sites for hydroxylation is 1. The van der Waals surface area contributed by atoms with E-state index in [1.807, 2.05) is 13.0 Å². The van der Waals surface area contributed by atoms with Crippen LogP contribution >= 0.6 is 0 Å². The molecule has 96 valence electrons. The first-order chi connectivity index (χ1) is 8.18. The molecular weight excluding hydrogens is 214 g/mol. The standard InChI is InChI=1S/C13H23N3O/c1-11(2)17-9-5-4-7-14-10-13-6-8-15-12(3)16-13/h6,8,11,14H,4-5,7,9-10H2,1-3H3. The topological polar surface area (TPSA) is 47.0 Å². The van der Waals surface area contributed by atoms with Gasteiger partial charge in [0.15, 0.2) is 0 Å². The predicted octanol–water partition coefficient (Wildman–Crippen LogP) is 2.08. The number of nitrogens with zero attached hydrogens (tertiary/aromatic N) is 2. The van der Waals surface area contributed by atoms with Crippen molar-refractivity contribution >= 4 is 0 Å². The van der Waals surface area contributed by atoms with E-state index in [1.54, 1.807) is 6.20 Å². The molecule has 0 aliphatic heterocycles. The minimum absolute atomic E-state index is 0.340. The van der Waals surface area contributed by atoms with E-state index in [2.05, 4.69) is 29.1 Å². The summed E-state index contributed by atoms with van der Waals surface area (Å²) in [6.45, 7) is 8.71. The van der Waals surface area contributed by atoms with E-state index in [0.717, 1.165) is 44.1 Å². The molecule has 0 saturated heterocycles. The van der Waals surface area contributed by atoms with Gasteiger partial charge in [-0.15, -0.1) is 0 Å². The van der Waals surface area contributed by atoms with Crippen LogP contribution in [0.15, 0.2) is 12.3 Å². The molecule has 0 aromatic carbocycles. The van der Waals surface area contributed by atoms with Gasteiger partial charge in [-0.2, -0.15) is 0 Å². The summed E-state index contributed by atoms with van der Waals surface area (Å²) in [6.07, 6.45) is 4.38. The second-order valence-corrected chi connectivity index (χ2v) is 4.40. The van der Waals surface area contributed by atoms with Crippen LogP contribution in [0.2, 0.25) is 0 Å². The minimum Gasteiger partial charge on any atom is -0.379 e. The molecule has 1 rings (SSSR count). The molecule has 0 saturated carbocycles. The summed E-state index contributed by atoms with van der Waals surface area (Å²) in [6, 6.07) is 1.95. The number of ether oxygens (including phenoxy) is 1. The molecule has 0 fully saturated rings. The van der Waals surface area contributed by atoms with Gasteiger partial charge in [-0.1, -0.05) is 0 Å². The maximum absolute atomic E-state index is 5.47. The molecule has 1 aromatic heterocycles. The Hall–Kier alpha value is -1.00. The molecule has 17 heavy (non-hydrogen) atoms. The van der Waals surface area contributed by atoms with E-state index in [-0.39, 0.29) is 0 Å². The van der Waals surface area contributed by atoms with Crippen molar-refractivity contribution in [1.29, 1.82) is 0 Å². The normalized spacial score (nSPS) is 11.1. The second-order valence-electron chi connectivity index (χ2n) is 4.40. The van der Waals surface area contributed by atoms with Crippen molar-refractivity contribution in [2.24, 2.45) is 0 Å². The van der Waals surface area contributed by atoms with E-state index in [1.165, 1.54) is 0 Å². The second kappa shape index (κ2) is 8.14. The van der Waals surface area contributed by atoms with Crippen molar-refractivity contribution in [3.8, 4) is 0 Å². The van der Waals surface area contributed by atoms with E-state index in [0.29, 0.717) is 6.10 Å². The van der Waals surface area contributed by atoms with Gasteiger partial charge in [0.1, 0.15) is 5.82 Å². The summed E-state index contributed by atoms with van der Waals surface area (Å²) in [4.78, 5) is 8.40. The average molecular weight is 237 g/mol. The lowest BCUT2D eigenvalue weighted by Crippen LogP contribution is -2.16. The van der Waals surface area contributed by atoms with Crippen molar-refractivity contribution in [3.05, 3.63) is 23.8 Å². The molecule has 0 spiro atoms. The molecule has 4 heteroatoms. The van der Waals surface area contributed by atoms with Gasteiger partial charge in [-0.25, -0.2) is 9.97 Å². The summed E-state index contributed by atoms with van der Waals surface area (Å²) in [5.41, 5.74) is 1.05. The van der Waals surface area contributed by atoms with Crippen LogP contribution in [0.3, 0.4) is 0 Å². The van der Waals surface area contributed by atoms with Crippen LogP contribution in [0.25, 0.3) is 0 Å². The molecule has 1 heterocycles. The van der Waals surface area contributed by atoms with Crippen LogP contribution in [-0.2, 0) is 11.3 Å². The summed E-state index contributed by atoms with van der Waals surface area (Å²) in [5.74, 6) is 0.828. The Balaban J connectivity index is 2.01. The maximum atomic E-state index is 5.47. The number of unbranched alkanes of at least 4 members (excludes halogenated alkanes) is 1. The summed E-state index contributed by atoms with van der Waals surface area (Å²) >= 11 is 0. The molecule has 0 unspecified atom stereocenters. The Morgan fingerprint density at radius 1 is 1.35 bits per heavy atom. The maximum Gasteiger partial charge on any atom is 0.125 e. The third kappa shape index (κ3) is 7.02. The molecule has 4 nitrogen and oxygen atoms in total. The quantitative estimate of drug-likeness (QED) is 0.703. The van der Waals surface area contributed by atoms with Gasteiger partial charge in [0.05, 0.1) is 11.8 Å². The van der Waals surface area contributed by atoms with Gasteiger partial charge in [-0.3, -0.25) is 0 Å².